The summed E-state index contributed by atoms with van der Waals surface area (Å²) in [6.45, 7) is 0.679. The summed E-state index contributed by atoms with van der Waals surface area (Å²) in [6, 6.07) is 6.61. The number of carboxylic acid groups (broad SMARTS) is 1. The van der Waals surface area contributed by atoms with Gasteiger partial charge in [-0.15, -0.1) is 0 Å². The summed E-state index contributed by atoms with van der Waals surface area (Å²) in [5.41, 5.74) is 13.6. The lowest BCUT2D eigenvalue weighted by molar-refractivity contribution is -0.0595. The van der Waals surface area contributed by atoms with Gasteiger partial charge in [-0.05, 0) is 37.8 Å². The van der Waals surface area contributed by atoms with E-state index in [1.54, 1.807) is 6.07 Å². The average Bonchev–Trinajstić information content (AvgIpc) is 3.04. The minimum absolute atomic E-state index is 0.117. The quantitative estimate of drug-likeness (QED) is 0.496. The van der Waals surface area contributed by atoms with Crippen LogP contribution in [0.5, 0.6) is 0 Å². The second-order valence-corrected chi connectivity index (χ2v) is 6.45. The van der Waals surface area contributed by atoms with Gasteiger partial charge in [-0.1, -0.05) is 6.07 Å². The van der Waals surface area contributed by atoms with Crippen molar-refractivity contribution in [2.75, 3.05) is 6.54 Å². The van der Waals surface area contributed by atoms with Crippen molar-refractivity contribution in [1.29, 1.82) is 5.26 Å². The Morgan fingerprint density at radius 1 is 1.28 bits per heavy atom. The lowest BCUT2D eigenvalue weighted by Gasteiger charge is -2.44. The Morgan fingerprint density at radius 3 is 2.52 bits per heavy atom. The van der Waals surface area contributed by atoms with E-state index in [1.807, 2.05) is 6.07 Å². The second-order valence-electron chi connectivity index (χ2n) is 6.45. The maximum Gasteiger partial charge on any atom is 0.506 e. The van der Waals surface area contributed by atoms with E-state index in [2.05, 4.69) is 16.4 Å². The average molecular weight is 345 g/mol. The molecule has 1 amide bonds. The van der Waals surface area contributed by atoms with Gasteiger partial charge in [0.2, 0.25) is 5.91 Å². The first-order valence-electron chi connectivity index (χ1n) is 7.92. The molecule has 0 aromatic heterocycles. The molecule has 2 fully saturated rings. The Kier molecular flexibility index (Phi) is 4.34. The number of rotatable bonds is 3. The van der Waals surface area contributed by atoms with E-state index in [4.69, 9.17) is 10.5 Å². The first kappa shape index (κ1) is 17.2. The molecule has 6 N–H and O–H groups in total. The molecule has 0 bridgehead atoms. The number of hydrogen-bond donors (Lipinski definition) is 5. The van der Waals surface area contributed by atoms with Crippen LogP contribution < -0.4 is 22.1 Å². The van der Waals surface area contributed by atoms with Gasteiger partial charge in [-0.2, -0.15) is 10.8 Å². The molecule has 9 nitrogen and oxygen atoms in total. The smallest absolute Gasteiger partial charge is 0.450 e. The van der Waals surface area contributed by atoms with Gasteiger partial charge < -0.3 is 15.6 Å². The number of hydrazine groups is 2. The highest BCUT2D eigenvalue weighted by Gasteiger charge is 2.49. The number of primary amides is 1. The molecule has 1 saturated carbocycles. The highest BCUT2D eigenvalue weighted by atomic mass is 16.7. The SMILES string of the molecule is N#Cc1cccc(C(N)=O)c1C1(OC(=O)O)CCC2(CC1)CNNN2. The van der Waals surface area contributed by atoms with E-state index in [0.29, 0.717) is 32.2 Å². The molecule has 2 aliphatic rings. The number of nitrogens with zero attached hydrogens (tertiary/aromatic N) is 1. The number of amides is 1. The van der Waals surface area contributed by atoms with Crippen molar-refractivity contribution in [1.82, 2.24) is 16.4 Å². The van der Waals surface area contributed by atoms with E-state index >= 15 is 0 Å². The highest BCUT2D eigenvalue weighted by Crippen LogP contribution is 2.46. The number of nitrogens with two attached hydrogens (primary N) is 1. The Morgan fingerprint density at radius 2 is 2.00 bits per heavy atom. The summed E-state index contributed by atoms with van der Waals surface area (Å²) >= 11 is 0. The molecule has 25 heavy (non-hydrogen) atoms. The maximum atomic E-state index is 11.9. The molecule has 0 atom stereocenters. The van der Waals surface area contributed by atoms with Gasteiger partial charge in [0.25, 0.3) is 0 Å². The van der Waals surface area contributed by atoms with Crippen molar-refractivity contribution in [3.63, 3.8) is 0 Å². The van der Waals surface area contributed by atoms with Crippen molar-refractivity contribution in [3.05, 3.63) is 34.9 Å². The van der Waals surface area contributed by atoms with Crippen LogP contribution in [0.3, 0.4) is 0 Å². The molecule has 1 saturated heterocycles. The molecular formula is C16H19N5O4. The van der Waals surface area contributed by atoms with Crippen LogP contribution in [-0.4, -0.2) is 29.3 Å². The van der Waals surface area contributed by atoms with Gasteiger partial charge >= 0.3 is 6.16 Å². The number of carbonyl (C=O) groups is 2. The van der Waals surface area contributed by atoms with E-state index in [0.717, 1.165) is 0 Å². The first-order chi connectivity index (χ1) is 11.9. The van der Waals surface area contributed by atoms with Gasteiger partial charge in [0.15, 0.2) is 0 Å². The van der Waals surface area contributed by atoms with Gasteiger partial charge in [0, 0.05) is 23.2 Å². The van der Waals surface area contributed by atoms with E-state index in [1.165, 1.54) is 12.1 Å². The van der Waals surface area contributed by atoms with Crippen molar-refractivity contribution in [3.8, 4) is 6.07 Å². The number of hydrogen-bond acceptors (Lipinski definition) is 7. The molecule has 9 heteroatoms. The maximum absolute atomic E-state index is 11.9. The van der Waals surface area contributed by atoms with Gasteiger partial charge in [0.05, 0.1) is 11.6 Å². The fourth-order valence-corrected chi connectivity index (χ4v) is 3.78. The summed E-state index contributed by atoms with van der Waals surface area (Å²) in [5, 5.41) is 18.8. The third-order valence-electron chi connectivity index (χ3n) is 5.05. The Hall–Kier alpha value is -2.67. The lowest BCUT2D eigenvalue weighted by Crippen LogP contribution is -2.52. The van der Waals surface area contributed by atoms with Crippen LogP contribution in [-0.2, 0) is 10.3 Å². The molecule has 1 aliphatic heterocycles. The zero-order valence-corrected chi connectivity index (χ0v) is 13.5. The monoisotopic (exact) mass is 345 g/mol. The largest absolute Gasteiger partial charge is 0.506 e. The predicted molar refractivity (Wildman–Crippen MR) is 85.9 cm³/mol. The van der Waals surface area contributed by atoms with Crippen LogP contribution in [0.25, 0.3) is 0 Å². The van der Waals surface area contributed by atoms with Crippen LogP contribution >= 0.6 is 0 Å². The van der Waals surface area contributed by atoms with Crippen molar-refractivity contribution in [2.24, 2.45) is 5.73 Å². The van der Waals surface area contributed by atoms with Crippen LogP contribution in [0.4, 0.5) is 4.79 Å². The summed E-state index contributed by atoms with van der Waals surface area (Å²) in [5.74, 6) is -0.719. The van der Waals surface area contributed by atoms with Crippen LogP contribution in [0, 0.1) is 11.3 Å². The van der Waals surface area contributed by atoms with Gasteiger partial charge in [-0.25, -0.2) is 15.6 Å². The van der Waals surface area contributed by atoms with Crippen molar-refractivity contribution >= 4 is 12.1 Å². The molecule has 1 aliphatic carbocycles. The molecule has 1 aromatic rings. The summed E-state index contributed by atoms with van der Waals surface area (Å²) < 4.78 is 5.29. The molecule has 1 aromatic carbocycles. The molecule has 0 radical (unpaired) electrons. The van der Waals surface area contributed by atoms with Gasteiger partial charge in [-0.3, -0.25) is 4.79 Å². The third-order valence-corrected chi connectivity index (χ3v) is 5.05. The molecule has 1 spiro atoms. The fourth-order valence-electron chi connectivity index (χ4n) is 3.78. The van der Waals surface area contributed by atoms with Crippen LogP contribution in [0.15, 0.2) is 18.2 Å². The minimum Gasteiger partial charge on any atom is -0.450 e. The van der Waals surface area contributed by atoms with Crippen LogP contribution in [0.2, 0.25) is 0 Å². The number of carbonyl (C=O) groups excluding carboxylic acids is 1. The lowest BCUT2D eigenvalue weighted by atomic mass is 9.69. The number of nitrogens with one attached hydrogen (secondary N) is 3. The van der Waals surface area contributed by atoms with Crippen molar-refractivity contribution in [2.45, 2.75) is 36.8 Å². The summed E-state index contributed by atoms with van der Waals surface area (Å²) in [4.78, 5) is 23.3. The predicted octanol–water partition coefficient (Wildman–Crippen LogP) is 0.472. The second kappa shape index (κ2) is 6.33. The Balaban J connectivity index is 2.07. The van der Waals surface area contributed by atoms with Crippen molar-refractivity contribution < 1.29 is 19.4 Å². The fraction of sp³-hybridized carbons (Fsp3) is 0.438. The van der Waals surface area contributed by atoms with E-state index in [-0.39, 0.29) is 22.2 Å². The zero-order chi connectivity index (χ0) is 18.1. The molecule has 3 rings (SSSR count). The van der Waals surface area contributed by atoms with E-state index in [9.17, 15) is 20.0 Å². The molecule has 132 valence electrons. The van der Waals surface area contributed by atoms with E-state index < -0.39 is 17.7 Å². The topological polar surface area (TPSA) is 150 Å². The Labute approximate surface area is 144 Å². The molecular weight excluding hydrogens is 326 g/mol. The standard InChI is InChI=1S/C16H19N5O4/c17-8-10-2-1-3-11(13(18)22)12(10)16(25-14(23)24)6-4-15(5-7-16)9-19-21-20-15/h1-3,19-21H,4-7,9H2,(H2,18,22)(H,23,24). The number of benzene rings is 1. The van der Waals surface area contributed by atoms with Gasteiger partial charge in [0.1, 0.15) is 5.60 Å². The summed E-state index contributed by atoms with van der Waals surface area (Å²) in [6.07, 6.45) is 0.398. The third kappa shape index (κ3) is 3.02. The minimum atomic E-state index is -1.45. The first-order valence-corrected chi connectivity index (χ1v) is 7.92. The Bertz CT molecular complexity index is 741. The van der Waals surface area contributed by atoms with Crippen LogP contribution in [0.1, 0.15) is 47.2 Å². The molecule has 0 unspecified atom stereocenters. The number of nitriles is 1. The normalized spacial score (nSPS) is 28.4. The molecule has 1 heterocycles. The highest BCUT2D eigenvalue weighted by molar-refractivity contribution is 5.95. The number of ether oxygens (including phenoxy) is 1. The summed E-state index contributed by atoms with van der Waals surface area (Å²) in [7, 11) is 0. The zero-order valence-electron chi connectivity index (χ0n) is 13.5.